The van der Waals surface area contributed by atoms with Gasteiger partial charge in [-0.2, -0.15) is 6.42 Å². The summed E-state index contributed by atoms with van der Waals surface area (Å²) in [6.45, 7) is 15.9. The fourth-order valence-electron chi connectivity index (χ4n) is 6.37. The van der Waals surface area contributed by atoms with E-state index < -0.39 is 0 Å². The molecule has 0 aromatic rings. The van der Waals surface area contributed by atoms with Crippen LogP contribution in [0.15, 0.2) is 12.2 Å². The summed E-state index contributed by atoms with van der Waals surface area (Å²) in [5, 5.41) is 13.2. The molecule has 4 saturated carbocycles. The topological polar surface area (TPSA) is 44.8 Å². The largest absolute Gasteiger partial charge is 1.00 e. The van der Waals surface area contributed by atoms with Gasteiger partial charge >= 0.3 is 18.9 Å². The second-order valence-electron chi connectivity index (χ2n) is 14.0. The van der Waals surface area contributed by atoms with Crippen LogP contribution in [0.1, 0.15) is 131 Å². The first-order valence-electron chi connectivity index (χ1n) is 15.7. The van der Waals surface area contributed by atoms with Gasteiger partial charge in [-0.15, -0.1) is 0 Å². The molecule has 6 fully saturated rings. The van der Waals surface area contributed by atoms with E-state index >= 15 is 0 Å². The SMILES string of the molecule is C(=C/CC1CC1)/CCC1CO1.CC1(C)CCCC(C)(C)N1.OC1CC[C@H]2[C@@H](CC3CC3)[C@@H]12.[CH2-]CCC.[Li+]. The number of piperidine rings is 1. The number of unbranched alkanes of at least 4 members (excludes halogenated alkanes) is 1. The van der Waals surface area contributed by atoms with E-state index in [9.17, 15) is 5.11 Å². The number of hydrogen-bond donors (Lipinski definition) is 2. The summed E-state index contributed by atoms with van der Waals surface area (Å²) in [4.78, 5) is 0. The van der Waals surface area contributed by atoms with E-state index in [1.54, 1.807) is 0 Å². The number of allylic oxidation sites excluding steroid dienone is 2. The van der Waals surface area contributed by atoms with Crippen LogP contribution in [-0.2, 0) is 4.74 Å². The Morgan fingerprint density at radius 1 is 0.946 bits per heavy atom. The molecule has 3 nitrogen and oxygen atoms in total. The molecule has 2 N–H and O–H groups in total. The van der Waals surface area contributed by atoms with Crippen LogP contribution < -0.4 is 24.2 Å². The molecule has 210 valence electrons. The van der Waals surface area contributed by atoms with Gasteiger partial charge in [0.2, 0.25) is 0 Å². The van der Waals surface area contributed by atoms with Crippen molar-refractivity contribution in [3.63, 3.8) is 0 Å². The quantitative estimate of drug-likeness (QED) is 0.203. The zero-order valence-corrected chi connectivity index (χ0v) is 25.6. The van der Waals surface area contributed by atoms with Crippen LogP contribution in [0, 0.1) is 36.5 Å². The van der Waals surface area contributed by atoms with Gasteiger partial charge in [-0.05, 0) is 128 Å². The maximum Gasteiger partial charge on any atom is 1.00 e. The molecule has 2 unspecified atom stereocenters. The van der Waals surface area contributed by atoms with Crippen LogP contribution in [-0.4, -0.2) is 35.0 Å². The molecule has 6 rings (SSSR count). The third-order valence-electron chi connectivity index (χ3n) is 8.96. The van der Waals surface area contributed by atoms with Gasteiger partial charge in [0.15, 0.2) is 0 Å². The van der Waals surface area contributed by atoms with Crippen LogP contribution in [0.5, 0.6) is 0 Å². The first-order valence-corrected chi connectivity index (χ1v) is 15.7. The van der Waals surface area contributed by atoms with Gasteiger partial charge in [0.05, 0.1) is 18.8 Å². The smallest absolute Gasteiger partial charge is 0.393 e. The Hall–Kier alpha value is 0.217. The van der Waals surface area contributed by atoms with Gasteiger partial charge in [-0.25, -0.2) is 0 Å². The number of ether oxygens (including phenoxy) is 1. The van der Waals surface area contributed by atoms with Crippen LogP contribution in [0.4, 0.5) is 0 Å². The normalized spacial score (nSPS) is 33.9. The fraction of sp³-hybridized carbons (Fsp3) is 0.909. The monoisotopic (exact) mass is 509 g/mol. The Balaban J connectivity index is 0.000000180. The van der Waals surface area contributed by atoms with Crippen molar-refractivity contribution in [1.82, 2.24) is 5.32 Å². The van der Waals surface area contributed by atoms with Gasteiger partial charge in [-0.3, -0.25) is 0 Å². The Labute approximate surface area is 242 Å². The third kappa shape index (κ3) is 13.9. The van der Waals surface area contributed by atoms with E-state index in [0.717, 1.165) is 49.0 Å². The molecule has 0 spiro atoms. The van der Waals surface area contributed by atoms with Crippen molar-refractivity contribution >= 4 is 0 Å². The summed E-state index contributed by atoms with van der Waals surface area (Å²) < 4.78 is 5.11. The average molecular weight is 510 g/mol. The number of aliphatic hydroxyl groups is 1. The van der Waals surface area contributed by atoms with Gasteiger partial charge in [0, 0.05) is 11.1 Å². The zero-order valence-electron chi connectivity index (χ0n) is 25.6. The molecule has 2 heterocycles. The third-order valence-corrected chi connectivity index (χ3v) is 8.96. The predicted octanol–water partition coefficient (Wildman–Crippen LogP) is 5.27. The molecule has 5 atom stereocenters. The molecule has 0 aromatic heterocycles. The van der Waals surface area contributed by atoms with E-state index in [1.807, 2.05) is 0 Å². The summed E-state index contributed by atoms with van der Waals surface area (Å²) in [6.07, 6.45) is 25.2. The first-order chi connectivity index (χ1) is 17.1. The second kappa shape index (κ2) is 15.9. The Bertz CT molecular complexity index is 635. The molecule has 0 amide bonds. The molecule has 4 heteroatoms. The number of fused-ring (bicyclic) bond motifs is 1. The van der Waals surface area contributed by atoms with Crippen molar-refractivity contribution in [3.05, 3.63) is 19.1 Å². The van der Waals surface area contributed by atoms with Gasteiger partial charge < -0.3 is 22.1 Å². The van der Waals surface area contributed by atoms with Crippen molar-refractivity contribution in [2.45, 2.75) is 154 Å². The van der Waals surface area contributed by atoms with E-state index in [1.165, 1.54) is 83.5 Å². The predicted molar refractivity (Wildman–Crippen MR) is 154 cm³/mol. The Morgan fingerprint density at radius 2 is 1.54 bits per heavy atom. The summed E-state index contributed by atoms with van der Waals surface area (Å²) >= 11 is 0. The van der Waals surface area contributed by atoms with E-state index in [2.05, 4.69) is 59.0 Å². The average Bonchev–Trinajstić information content (AvgIpc) is 3.61. The van der Waals surface area contributed by atoms with Crippen molar-refractivity contribution in [2.24, 2.45) is 29.6 Å². The molecular weight excluding hydrogens is 449 g/mol. The van der Waals surface area contributed by atoms with Gasteiger partial charge in [0.1, 0.15) is 0 Å². The summed E-state index contributed by atoms with van der Waals surface area (Å²) in [5.74, 6) is 4.76. The number of aliphatic hydroxyl groups excluding tert-OH is 1. The molecule has 0 bridgehead atoms. The zero-order chi connectivity index (χ0) is 26.2. The van der Waals surface area contributed by atoms with Gasteiger partial charge in [0.25, 0.3) is 0 Å². The van der Waals surface area contributed by atoms with E-state index in [4.69, 9.17) is 4.74 Å². The van der Waals surface area contributed by atoms with Crippen LogP contribution >= 0.6 is 0 Å². The second-order valence-corrected chi connectivity index (χ2v) is 14.0. The minimum atomic E-state index is 0. The minimum Gasteiger partial charge on any atom is -0.393 e. The molecule has 0 aromatic carbocycles. The molecule has 4 aliphatic carbocycles. The van der Waals surface area contributed by atoms with Crippen molar-refractivity contribution in [2.75, 3.05) is 6.61 Å². The van der Waals surface area contributed by atoms with E-state index in [-0.39, 0.29) is 25.0 Å². The van der Waals surface area contributed by atoms with Crippen LogP contribution in [0.2, 0.25) is 0 Å². The summed E-state index contributed by atoms with van der Waals surface area (Å²) in [6, 6.07) is 0. The molecule has 37 heavy (non-hydrogen) atoms. The maximum atomic E-state index is 9.54. The van der Waals surface area contributed by atoms with Crippen LogP contribution in [0.3, 0.4) is 0 Å². The number of rotatable bonds is 8. The summed E-state index contributed by atoms with van der Waals surface area (Å²) in [5.41, 5.74) is 0.726. The molecule has 2 aliphatic heterocycles. The Kier molecular flexibility index (Phi) is 14.3. The molecule has 2 saturated heterocycles. The molecule has 0 radical (unpaired) electrons. The fourth-order valence-corrected chi connectivity index (χ4v) is 6.37. The minimum absolute atomic E-state index is 0. The number of epoxide rings is 1. The molecular formula is C33H60LiNO2. The van der Waals surface area contributed by atoms with Gasteiger partial charge in [-0.1, -0.05) is 38.3 Å². The maximum absolute atomic E-state index is 9.54. The Morgan fingerprint density at radius 3 is 1.95 bits per heavy atom. The van der Waals surface area contributed by atoms with Crippen molar-refractivity contribution in [1.29, 1.82) is 0 Å². The van der Waals surface area contributed by atoms with Crippen molar-refractivity contribution < 1.29 is 28.7 Å². The number of hydrogen-bond acceptors (Lipinski definition) is 3. The standard InChI is InChI=1S/2C10H16O.C9H19N.C4H9.Li/c11-9-4-3-7-8(10(7)9)5-6-1-2-6;1(2-4-9-6-7-9)3-5-10-8-11-10;1-8(2)6-5-7-9(3,4)10-8;1-3-4-2;/h6-11H,1-5H2;1-2,9-10H,3-8H2;10H,5-7H2,1-4H3;1,3-4H2,2H3;/q;;;-1;+1/b;2-1-;;;/t7-,8+,9?,10-;;;;/m0..../s1. The number of nitrogens with one attached hydrogen (secondary N) is 1. The van der Waals surface area contributed by atoms with Crippen LogP contribution in [0.25, 0.3) is 0 Å². The molecule has 6 aliphatic rings. The first kappa shape index (κ1) is 33.4. The van der Waals surface area contributed by atoms with Crippen molar-refractivity contribution in [3.8, 4) is 0 Å². The summed E-state index contributed by atoms with van der Waals surface area (Å²) in [7, 11) is 0. The van der Waals surface area contributed by atoms with E-state index in [0.29, 0.717) is 17.2 Å².